The number of para-hydroxylation sites is 2. The van der Waals surface area contributed by atoms with Crippen LogP contribution >= 0.6 is 0 Å². The average Bonchev–Trinajstić information content (AvgIpc) is 2.79. The zero-order valence-electron chi connectivity index (χ0n) is 15.9. The molecule has 6 aromatic carbocycles. The maximum atomic E-state index is 2.33. The lowest BCUT2D eigenvalue weighted by atomic mass is 9.93. The average molecular weight is 369 g/mol. The molecule has 0 amide bonds. The van der Waals surface area contributed by atoms with E-state index in [2.05, 4.69) is 120 Å². The maximum Gasteiger partial charge on any atom is 0.0473 e. The molecule has 0 fully saturated rings. The van der Waals surface area contributed by atoms with E-state index in [1.807, 2.05) is 0 Å². The van der Waals surface area contributed by atoms with Crippen LogP contribution in [0.1, 0.15) is 0 Å². The molecule has 136 valence electrons. The van der Waals surface area contributed by atoms with Crippen molar-refractivity contribution in [3.63, 3.8) is 0 Å². The minimum atomic E-state index is 1.16. The second kappa shape index (κ2) is 6.35. The summed E-state index contributed by atoms with van der Waals surface area (Å²) < 4.78 is 0. The van der Waals surface area contributed by atoms with Crippen LogP contribution in [0.2, 0.25) is 0 Å². The summed E-state index contributed by atoms with van der Waals surface area (Å²) in [5, 5.41) is 7.87. The Morgan fingerprint density at radius 1 is 0.345 bits per heavy atom. The van der Waals surface area contributed by atoms with Gasteiger partial charge in [-0.15, -0.1) is 0 Å². The van der Waals surface area contributed by atoms with Gasteiger partial charge >= 0.3 is 0 Å². The molecule has 0 heterocycles. The lowest BCUT2D eigenvalue weighted by Gasteiger charge is -2.26. The third-order valence-electron chi connectivity index (χ3n) is 5.73. The highest BCUT2D eigenvalue weighted by Crippen LogP contribution is 2.40. The zero-order chi connectivity index (χ0) is 19.2. The monoisotopic (exact) mass is 369 g/mol. The summed E-state index contributed by atoms with van der Waals surface area (Å²) in [6.07, 6.45) is 0. The minimum Gasteiger partial charge on any atom is -0.310 e. The van der Waals surface area contributed by atoms with Gasteiger partial charge < -0.3 is 4.90 Å². The van der Waals surface area contributed by atoms with Crippen molar-refractivity contribution >= 4 is 49.4 Å². The van der Waals surface area contributed by atoms with Crippen molar-refractivity contribution in [2.24, 2.45) is 0 Å². The summed E-state index contributed by atoms with van der Waals surface area (Å²) in [5.41, 5.74) is 3.49. The van der Waals surface area contributed by atoms with E-state index in [1.54, 1.807) is 0 Å². The predicted octanol–water partition coefficient (Wildman–Crippen LogP) is 8.05. The van der Waals surface area contributed by atoms with Crippen molar-refractivity contribution < 1.29 is 0 Å². The van der Waals surface area contributed by atoms with Gasteiger partial charge in [-0.05, 0) is 68.7 Å². The molecule has 1 heteroatoms. The van der Waals surface area contributed by atoms with E-state index in [1.165, 1.54) is 38.0 Å². The second-order valence-electron chi connectivity index (χ2n) is 7.48. The molecule has 0 saturated carbocycles. The molecule has 0 radical (unpaired) electrons. The summed E-state index contributed by atoms with van der Waals surface area (Å²) in [4.78, 5) is 2.33. The van der Waals surface area contributed by atoms with Crippen LogP contribution < -0.4 is 4.90 Å². The molecule has 1 nitrogen and oxygen atoms in total. The molecule has 0 atom stereocenters. The SMILES string of the molecule is c1ccc(N(c2ccccc2)c2cc3ccc4cccc5ccc(c2)c3c45)cc1. The molecule has 0 unspecified atom stereocenters. The van der Waals surface area contributed by atoms with Gasteiger partial charge in [0.15, 0.2) is 0 Å². The van der Waals surface area contributed by atoms with E-state index < -0.39 is 0 Å². The highest BCUT2D eigenvalue weighted by molar-refractivity contribution is 6.23. The lowest BCUT2D eigenvalue weighted by Crippen LogP contribution is -2.09. The second-order valence-corrected chi connectivity index (χ2v) is 7.48. The van der Waals surface area contributed by atoms with Crippen LogP contribution in [0.3, 0.4) is 0 Å². The fourth-order valence-electron chi connectivity index (χ4n) is 4.47. The topological polar surface area (TPSA) is 3.24 Å². The Labute approximate surface area is 169 Å². The quantitative estimate of drug-likeness (QED) is 0.285. The normalized spacial score (nSPS) is 11.4. The van der Waals surface area contributed by atoms with Gasteiger partial charge in [-0.1, -0.05) is 78.9 Å². The van der Waals surface area contributed by atoms with Gasteiger partial charge in [-0.2, -0.15) is 0 Å². The Morgan fingerprint density at radius 3 is 1.31 bits per heavy atom. The van der Waals surface area contributed by atoms with Gasteiger partial charge in [-0.25, -0.2) is 0 Å². The molecular formula is C28H19N. The van der Waals surface area contributed by atoms with E-state index in [9.17, 15) is 0 Å². The van der Waals surface area contributed by atoms with E-state index in [-0.39, 0.29) is 0 Å². The summed E-state index contributed by atoms with van der Waals surface area (Å²) >= 11 is 0. The highest BCUT2D eigenvalue weighted by Gasteiger charge is 2.15. The van der Waals surface area contributed by atoms with Crippen LogP contribution in [-0.2, 0) is 0 Å². The largest absolute Gasteiger partial charge is 0.310 e. The molecule has 6 aromatic rings. The molecule has 0 aliphatic carbocycles. The molecule has 0 spiro atoms. The Balaban J connectivity index is 1.66. The zero-order valence-corrected chi connectivity index (χ0v) is 15.9. The maximum absolute atomic E-state index is 2.33. The number of anilines is 3. The van der Waals surface area contributed by atoms with Gasteiger partial charge in [0.25, 0.3) is 0 Å². The van der Waals surface area contributed by atoms with Crippen LogP contribution in [0.15, 0.2) is 115 Å². The molecule has 0 saturated heterocycles. The first-order chi connectivity index (χ1) is 14.4. The molecule has 0 bridgehead atoms. The fourth-order valence-corrected chi connectivity index (χ4v) is 4.47. The number of hydrogen-bond donors (Lipinski definition) is 0. The smallest absolute Gasteiger partial charge is 0.0473 e. The van der Waals surface area contributed by atoms with Crippen LogP contribution in [0.25, 0.3) is 32.3 Å². The van der Waals surface area contributed by atoms with Crippen LogP contribution in [0, 0.1) is 0 Å². The van der Waals surface area contributed by atoms with Crippen LogP contribution in [-0.4, -0.2) is 0 Å². The van der Waals surface area contributed by atoms with E-state index in [4.69, 9.17) is 0 Å². The Bertz CT molecular complexity index is 1330. The Kier molecular flexibility index (Phi) is 3.54. The standard InChI is InChI=1S/C28H19N/c1-3-10-24(11-4-1)29(25-12-5-2-6-13-25)26-18-22-16-14-20-8-7-9-21-15-17-23(19-26)28(22)27(20)21/h1-19H. The van der Waals surface area contributed by atoms with Crippen LogP contribution in [0.5, 0.6) is 0 Å². The van der Waals surface area contributed by atoms with Gasteiger partial charge in [0, 0.05) is 17.1 Å². The Hall–Kier alpha value is -3.84. The summed E-state index contributed by atoms with van der Waals surface area (Å²) in [6, 6.07) is 41.3. The summed E-state index contributed by atoms with van der Waals surface area (Å²) in [7, 11) is 0. The third-order valence-corrected chi connectivity index (χ3v) is 5.73. The number of benzene rings is 6. The summed E-state index contributed by atoms with van der Waals surface area (Å²) in [6.45, 7) is 0. The van der Waals surface area contributed by atoms with Crippen molar-refractivity contribution in [1.82, 2.24) is 0 Å². The molecule has 0 N–H and O–H groups in total. The van der Waals surface area contributed by atoms with Gasteiger partial charge in [0.05, 0.1) is 0 Å². The molecule has 29 heavy (non-hydrogen) atoms. The number of hydrogen-bond acceptors (Lipinski definition) is 1. The predicted molar refractivity (Wildman–Crippen MR) is 125 cm³/mol. The van der Waals surface area contributed by atoms with Crippen molar-refractivity contribution in [2.75, 3.05) is 4.90 Å². The molecule has 0 aliphatic rings. The molecular weight excluding hydrogens is 350 g/mol. The van der Waals surface area contributed by atoms with Gasteiger partial charge in [0.1, 0.15) is 0 Å². The Morgan fingerprint density at radius 2 is 0.793 bits per heavy atom. The fraction of sp³-hybridized carbons (Fsp3) is 0. The van der Waals surface area contributed by atoms with Crippen LogP contribution in [0.4, 0.5) is 17.1 Å². The highest BCUT2D eigenvalue weighted by atomic mass is 15.1. The molecule has 6 rings (SSSR count). The molecule has 0 aromatic heterocycles. The number of rotatable bonds is 3. The van der Waals surface area contributed by atoms with E-state index in [0.29, 0.717) is 0 Å². The van der Waals surface area contributed by atoms with Crippen molar-refractivity contribution in [3.05, 3.63) is 115 Å². The van der Waals surface area contributed by atoms with E-state index >= 15 is 0 Å². The lowest BCUT2D eigenvalue weighted by molar-refractivity contribution is 1.29. The van der Waals surface area contributed by atoms with E-state index in [0.717, 1.165) is 11.4 Å². The van der Waals surface area contributed by atoms with Gasteiger partial charge in [-0.3, -0.25) is 0 Å². The first kappa shape index (κ1) is 16.1. The first-order valence-corrected chi connectivity index (χ1v) is 9.96. The van der Waals surface area contributed by atoms with Crippen molar-refractivity contribution in [2.45, 2.75) is 0 Å². The van der Waals surface area contributed by atoms with Crippen molar-refractivity contribution in [3.8, 4) is 0 Å². The van der Waals surface area contributed by atoms with Crippen molar-refractivity contribution in [1.29, 1.82) is 0 Å². The first-order valence-electron chi connectivity index (χ1n) is 9.96. The number of nitrogens with zero attached hydrogens (tertiary/aromatic N) is 1. The third kappa shape index (κ3) is 2.55. The van der Waals surface area contributed by atoms with Gasteiger partial charge in [0.2, 0.25) is 0 Å². The minimum absolute atomic E-state index is 1.16. The molecule has 0 aliphatic heterocycles. The summed E-state index contributed by atoms with van der Waals surface area (Å²) in [5.74, 6) is 0.